The van der Waals surface area contributed by atoms with Crippen LogP contribution in [0.2, 0.25) is 0 Å². The van der Waals surface area contributed by atoms with Gasteiger partial charge >= 0.3 is 6.09 Å². The smallest absolute Gasteiger partial charge is 0.410 e. The van der Waals surface area contributed by atoms with Crippen molar-refractivity contribution in [1.29, 1.82) is 0 Å². The van der Waals surface area contributed by atoms with E-state index in [-0.39, 0.29) is 24.8 Å². The van der Waals surface area contributed by atoms with Gasteiger partial charge in [0.05, 0.1) is 30.9 Å². The minimum Gasteiger partial charge on any atom is -0.445 e. The third kappa shape index (κ3) is 4.18. The van der Waals surface area contributed by atoms with Gasteiger partial charge in [-0.15, -0.1) is 0 Å². The molecule has 148 valence electrons. The number of carbonyl (C=O) groups excluding carboxylic acids is 1. The van der Waals surface area contributed by atoms with Crippen LogP contribution in [0, 0.1) is 6.92 Å². The van der Waals surface area contributed by atoms with Crippen LogP contribution in [0.15, 0.2) is 48.5 Å². The fourth-order valence-electron chi connectivity index (χ4n) is 4.35. The van der Waals surface area contributed by atoms with Crippen LogP contribution in [0.1, 0.15) is 29.8 Å². The molecule has 6 heteroatoms. The van der Waals surface area contributed by atoms with Crippen LogP contribution in [0.25, 0.3) is 0 Å². The fraction of sp³-hybridized carbons (Fsp3) is 0.455. The van der Waals surface area contributed by atoms with E-state index in [1.54, 1.807) is 4.90 Å². The molecule has 4 rings (SSSR count). The monoisotopic (exact) mass is 382 g/mol. The van der Waals surface area contributed by atoms with E-state index in [0.29, 0.717) is 32.5 Å². The van der Waals surface area contributed by atoms with Gasteiger partial charge in [-0.05, 0) is 37.5 Å². The molecule has 2 bridgehead atoms. The normalized spacial score (nSPS) is 26.7. The average Bonchev–Trinajstić information content (AvgIpc) is 2.66. The fourth-order valence-corrected chi connectivity index (χ4v) is 4.35. The molecule has 2 unspecified atom stereocenters. The Morgan fingerprint density at radius 1 is 1.18 bits per heavy atom. The summed E-state index contributed by atoms with van der Waals surface area (Å²) in [6, 6.07) is 15.1. The maximum Gasteiger partial charge on any atom is 0.410 e. The Hall–Kier alpha value is -2.44. The summed E-state index contributed by atoms with van der Waals surface area (Å²) in [6.07, 6.45) is 1.06. The van der Waals surface area contributed by atoms with Gasteiger partial charge in [-0.2, -0.15) is 0 Å². The minimum absolute atomic E-state index is 0.189. The molecule has 1 N–H and O–H groups in total. The van der Waals surface area contributed by atoms with Gasteiger partial charge in [-0.3, -0.25) is 9.88 Å². The average molecular weight is 382 g/mol. The third-order valence-electron chi connectivity index (χ3n) is 5.51. The van der Waals surface area contributed by atoms with Crippen molar-refractivity contribution in [3.8, 4) is 0 Å². The van der Waals surface area contributed by atoms with Crippen molar-refractivity contribution in [1.82, 2.24) is 9.88 Å². The zero-order valence-corrected chi connectivity index (χ0v) is 16.1. The summed E-state index contributed by atoms with van der Waals surface area (Å²) in [7, 11) is 0. The lowest BCUT2D eigenvalue weighted by atomic mass is 9.78. The first kappa shape index (κ1) is 18.9. The van der Waals surface area contributed by atoms with E-state index in [1.807, 2.05) is 55.5 Å². The highest BCUT2D eigenvalue weighted by Gasteiger charge is 2.48. The van der Waals surface area contributed by atoms with Crippen LogP contribution in [0.5, 0.6) is 0 Å². The Bertz CT molecular complexity index is 812. The first-order chi connectivity index (χ1) is 13.5. The van der Waals surface area contributed by atoms with Gasteiger partial charge in [-0.25, -0.2) is 4.79 Å². The molecule has 28 heavy (non-hydrogen) atoms. The maximum absolute atomic E-state index is 12.8. The third-order valence-corrected chi connectivity index (χ3v) is 5.51. The number of rotatable bonds is 4. The molecule has 0 radical (unpaired) electrons. The first-order valence-electron chi connectivity index (χ1n) is 9.74. The van der Waals surface area contributed by atoms with Gasteiger partial charge in [0.2, 0.25) is 0 Å². The molecule has 2 atom stereocenters. The number of morpholine rings is 1. The SMILES string of the molecule is Cc1cccc(CC2(O)CC3COCC(C2)N3C(=O)OCc2ccccc2)n1. The molecule has 0 spiro atoms. The summed E-state index contributed by atoms with van der Waals surface area (Å²) >= 11 is 0. The maximum atomic E-state index is 12.8. The Morgan fingerprint density at radius 2 is 1.89 bits per heavy atom. The number of benzene rings is 1. The molecular weight excluding hydrogens is 356 g/mol. The van der Waals surface area contributed by atoms with Crippen LogP contribution >= 0.6 is 0 Å². The van der Waals surface area contributed by atoms with E-state index in [0.717, 1.165) is 17.0 Å². The number of piperidine rings is 1. The second-order valence-corrected chi connectivity index (χ2v) is 7.87. The highest BCUT2D eigenvalue weighted by atomic mass is 16.6. The molecule has 1 amide bonds. The summed E-state index contributed by atoms with van der Waals surface area (Å²) in [5, 5.41) is 11.3. The Balaban J connectivity index is 1.43. The summed E-state index contributed by atoms with van der Waals surface area (Å²) in [4.78, 5) is 19.0. The molecule has 3 heterocycles. The van der Waals surface area contributed by atoms with Crippen LogP contribution in [0.4, 0.5) is 4.79 Å². The summed E-state index contributed by atoms with van der Waals surface area (Å²) in [5.41, 5.74) is 1.88. The van der Waals surface area contributed by atoms with Crippen LogP contribution in [-0.4, -0.2) is 52.0 Å². The molecule has 0 saturated carbocycles. The number of hydrogen-bond acceptors (Lipinski definition) is 5. The zero-order chi connectivity index (χ0) is 19.6. The molecule has 1 aromatic heterocycles. The molecule has 2 saturated heterocycles. The number of ether oxygens (including phenoxy) is 2. The number of fused-ring (bicyclic) bond motifs is 2. The Morgan fingerprint density at radius 3 is 2.57 bits per heavy atom. The topological polar surface area (TPSA) is 71.9 Å². The van der Waals surface area contributed by atoms with Crippen molar-refractivity contribution in [2.75, 3.05) is 13.2 Å². The van der Waals surface area contributed by atoms with E-state index in [1.165, 1.54) is 0 Å². The second kappa shape index (κ2) is 7.89. The van der Waals surface area contributed by atoms with Crippen LogP contribution < -0.4 is 0 Å². The molecule has 2 fully saturated rings. The number of nitrogens with zero attached hydrogens (tertiary/aromatic N) is 2. The first-order valence-corrected chi connectivity index (χ1v) is 9.74. The standard InChI is InChI=1S/C22H26N2O4/c1-16-6-5-9-18(23-16)10-22(26)11-19-14-27-15-20(12-22)24(19)21(25)28-13-17-7-3-2-4-8-17/h2-9,19-20,26H,10-15H2,1H3. The van der Waals surface area contributed by atoms with E-state index in [2.05, 4.69) is 4.98 Å². The van der Waals surface area contributed by atoms with Crippen molar-refractivity contribution in [2.24, 2.45) is 0 Å². The predicted octanol–water partition coefficient (Wildman–Crippen LogP) is 2.86. The molecule has 2 aromatic rings. The molecule has 0 aliphatic carbocycles. The number of aryl methyl sites for hydroxylation is 1. The van der Waals surface area contributed by atoms with Gasteiger partial charge in [-0.1, -0.05) is 36.4 Å². The van der Waals surface area contributed by atoms with Gasteiger partial charge in [0.25, 0.3) is 0 Å². The van der Waals surface area contributed by atoms with Gasteiger partial charge in [0.1, 0.15) is 6.61 Å². The van der Waals surface area contributed by atoms with Gasteiger partial charge in [0, 0.05) is 17.8 Å². The number of aliphatic hydroxyl groups is 1. The molecule has 2 aliphatic heterocycles. The van der Waals surface area contributed by atoms with E-state index in [4.69, 9.17) is 9.47 Å². The summed E-state index contributed by atoms with van der Waals surface area (Å²) in [6.45, 7) is 3.02. The molecule has 1 aromatic carbocycles. The van der Waals surface area contributed by atoms with Gasteiger partial charge in [0.15, 0.2) is 0 Å². The highest BCUT2D eigenvalue weighted by molar-refractivity contribution is 5.69. The van der Waals surface area contributed by atoms with Crippen LogP contribution in [0.3, 0.4) is 0 Å². The van der Waals surface area contributed by atoms with E-state index < -0.39 is 5.60 Å². The largest absolute Gasteiger partial charge is 0.445 e. The Kier molecular flexibility index (Phi) is 5.33. The lowest BCUT2D eigenvalue weighted by molar-refractivity contribution is -0.133. The zero-order valence-electron chi connectivity index (χ0n) is 16.1. The van der Waals surface area contributed by atoms with E-state index >= 15 is 0 Å². The van der Waals surface area contributed by atoms with Crippen molar-refractivity contribution in [3.05, 3.63) is 65.5 Å². The molecular formula is C22H26N2O4. The lowest BCUT2D eigenvalue weighted by Gasteiger charge is -2.50. The quantitative estimate of drug-likeness (QED) is 0.880. The summed E-state index contributed by atoms with van der Waals surface area (Å²) < 4.78 is 11.2. The number of carbonyl (C=O) groups is 1. The van der Waals surface area contributed by atoms with Crippen molar-refractivity contribution in [2.45, 2.75) is 50.5 Å². The minimum atomic E-state index is -0.893. The predicted molar refractivity (Wildman–Crippen MR) is 104 cm³/mol. The second-order valence-electron chi connectivity index (χ2n) is 7.87. The number of pyridine rings is 1. The van der Waals surface area contributed by atoms with Crippen LogP contribution in [-0.2, 0) is 22.5 Å². The lowest BCUT2D eigenvalue weighted by Crippen LogP contribution is -2.64. The summed E-state index contributed by atoms with van der Waals surface area (Å²) in [5.74, 6) is 0. The number of aromatic nitrogens is 1. The van der Waals surface area contributed by atoms with E-state index in [9.17, 15) is 9.90 Å². The Labute approximate surface area is 165 Å². The number of hydrogen-bond donors (Lipinski definition) is 1. The van der Waals surface area contributed by atoms with Crippen molar-refractivity contribution in [3.63, 3.8) is 0 Å². The van der Waals surface area contributed by atoms with Crippen molar-refractivity contribution < 1.29 is 19.4 Å². The molecule has 6 nitrogen and oxygen atoms in total. The van der Waals surface area contributed by atoms with Crippen molar-refractivity contribution >= 4 is 6.09 Å². The molecule has 2 aliphatic rings. The highest BCUT2D eigenvalue weighted by Crippen LogP contribution is 2.36. The number of amides is 1. The van der Waals surface area contributed by atoms with Gasteiger partial charge < -0.3 is 14.6 Å².